The average Bonchev–Trinajstić information content (AvgIpc) is 2.83. The Hall–Kier alpha value is -1.72. The lowest BCUT2D eigenvalue weighted by atomic mass is 9.77. The molecule has 0 aliphatic heterocycles. The fourth-order valence-electron chi connectivity index (χ4n) is 5.51. The van der Waals surface area contributed by atoms with Crippen LogP contribution in [0.3, 0.4) is 0 Å². The standard InChI is InChI=1S/C28H40F4O2/c1-3-5-20-6-8-21(9-7-20)10-11-22-12-14-23(15-13-22)18-19-28(31,32)34-25-17-16-24(33-4-2)26(29)27(25)30/h10-11,16-17,20-23H,3-9,12-15,18-19H2,1-2H3. The number of allylic oxidation sites excluding steroid dienone is 2. The highest BCUT2D eigenvalue weighted by atomic mass is 19.3. The molecule has 0 bridgehead atoms. The van der Waals surface area contributed by atoms with Crippen LogP contribution in [0.1, 0.15) is 90.9 Å². The van der Waals surface area contributed by atoms with Gasteiger partial charge in [-0.05, 0) is 101 Å². The zero-order valence-corrected chi connectivity index (χ0v) is 20.6. The highest BCUT2D eigenvalue weighted by Gasteiger charge is 2.35. The Bertz CT molecular complexity index is 779. The van der Waals surface area contributed by atoms with Crippen LogP contribution in [0.2, 0.25) is 0 Å². The van der Waals surface area contributed by atoms with E-state index in [4.69, 9.17) is 4.74 Å². The molecule has 0 atom stereocenters. The summed E-state index contributed by atoms with van der Waals surface area (Å²) in [5, 5.41) is 0. The summed E-state index contributed by atoms with van der Waals surface area (Å²) in [7, 11) is 0. The highest BCUT2D eigenvalue weighted by Crippen LogP contribution is 2.38. The third kappa shape index (κ3) is 7.91. The molecule has 0 unspecified atom stereocenters. The number of ether oxygens (including phenoxy) is 2. The molecule has 0 N–H and O–H groups in total. The fourth-order valence-corrected chi connectivity index (χ4v) is 5.51. The molecule has 0 amide bonds. The molecule has 0 saturated heterocycles. The second-order valence-corrected chi connectivity index (χ2v) is 10.1. The summed E-state index contributed by atoms with van der Waals surface area (Å²) < 4.78 is 66.2. The van der Waals surface area contributed by atoms with Crippen LogP contribution >= 0.6 is 0 Å². The maximum absolute atomic E-state index is 14.4. The van der Waals surface area contributed by atoms with Crippen molar-refractivity contribution in [3.05, 3.63) is 35.9 Å². The Kier molecular flexibility index (Phi) is 10.1. The predicted octanol–water partition coefficient (Wildman–Crippen LogP) is 9.08. The molecule has 6 heteroatoms. The Labute approximate surface area is 202 Å². The maximum atomic E-state index is 14.4. The normalized spacial score (nSPS) is 26.1. The first kappa shape index (κ1) is 26.9. The Balaban J connectivity index is 1.39. The Morgan fingerprint density at radius 3 is 1.82 bits per heavy atom. The van der Waals surface area contributed by atoms with E-state index in [1.165, 1.54) is 38.5 Å². The lowest BCUT2D eigenvalue weighted by Gasteiger charge is -2.29. The van der Waals surface area contributed by atoms with Gasteiger partial charge < -0.3 is 9.47 Å². The molecule has 0 heterocycles. The Morgan fingerprint density at radius 2 is 1.29 bits per heavy atom. The minimum atomic E-state index is -3.55. The number of halogens is 4. The van der Waals surface area contributed by atoms with Crippen LogP contribution in [0, 0.1) is 35.3 Å². The first-order valence-corrected chi connectivity index (χ1v) is 13.2. The van der Waals surface area contributed by atoms with Crippen molar-refractivity contribution in [1.29, 1.82) is 0 Å². The minimum absolute atomic E-state index is 0.144. The van der Waals surface area contributed by atoms with Crippen LogP contribution < -0.4 is 9.47 Å². The molecule has 2 nitrogen and oxygen atoms in total. The maximum Gasteiger partial charge on any atom is 0.397 e. The third-order valence-electron chi connectivity index (χ3n) is 7.55. The van der Waals surface area contributed by atoms with Gasteiger partial charge in [0.1, 0.15) is 0 Å². The van der Waals surface area contributed by atoms with Gasteiger partial charge in [-0.25, -0.2) is 0 Å². The van der Waals surface area contributed by atoms with E-state index >= 15 is 0 Å². The van der Waals surface area contributed by atoms with Gasteiger partial charge in [0.25, 0.3) is 0 Å². The molecule has 2 fully saturated rings. The minimum Gasteiger partial charge on any atom is -0.491 e. The number of benzene rings is 1. The quantitative estimate of drug-likeness (QED) is 0.230. The summed E-state index contributed by atoms with van der Waals surface area (Å²) in [5.41, 5.74) is 0. The van der Waals surface area contributed by atoms with E-state index in [2.05, 4.69) is 23.8 Å². The summed E-state index contributed by atoms with van der Waals surface area (Å²) in [6, 6.07) is 2.10. The topological polar surface area (TPSA) is 18.5 Å². The van der Waals surface area contributed by atoms with Crippen molar-refractivity contribution in [3.8, 4) is 11.5 Å². The largest absolute Gasteiger partial charge is 0.491 e. The molecule has 2 saturated carbocycles. The summed E-state index contributed by atoms with van der Waals surface area (Å²) >= 11 is 0. The zero-order valence-electron chi connectivity index (χ0n) is 20.6. The van der Waals surface area contributed by atoms with Crippen molar-refractivity contribution in [3.63, 3.8) is 0 Å². The third-order valence-corrected chi connectivity index (χ3v) is 7.55. The lowest BCUT2D eigenvalue weighted by Crippen LogP contribution is -2.27. The summed E-state index contributed by atoms with van der Waals surface area (Å²) in [6.07, 6.45) is 12.9. The molecular formula is C28H40F4O2. The van der Waals surface area contributed by atoms with Gasteiger partial charge in [-0.1, -0.05) is 31.9 Å². The fraction of sp³-hybridized carbons (Fsp3) is 0.714. The molecule has 0 aromatic heterocycles. The smallest absolute Gasteiger partial charge is 0.397 e. The summed E-state index contributed by atoms with van der Waals surface area (Å²) in [4.78, 5) is 0. The first-order chi connectivity index (χ1) is 16.3. The van der Waals surface area contributed by atoms with Gasteiger partial charge in [0, 0.05) is 0 Å². The molecule has 3 rings (SSSR count). The van der Waals surface area contributed by atoms with E-state index in [0.29, 0.717) is 18.3 Å². The SMILES string of the molecule is CCCC1CCC(C=CC2CCC(CCC(F)(F)Oc3ccc(OCC)c(F)c3F)CC2)CC1. The van der Waals surface area contributed by atoms with Crippen LogP contribution in [-0.4, -0.2) is 12.7 Å². The van der Waals surface area contributed by atoms with Gasteiger partial charge >= 0.3 is 6.11 Å². The second-order valence-electron chi connectivity index (χ2n) is 10.1. The van der Waals surface area contributed by atoms with Crippen molar-refractivity contribution in [2.75, 3.05) is 6.61 Å². The van der Waals surface area contributed by atoms with Crippen molar-refractivity contribution >= 4 is 0 Å². The van der Waals surface area contributed by atoms with E-state index in [-0.39, 0.29) is 18.3 Å². The van der Waals surface area contributed by atoms with Crippen molar-refractivity contribution in [1.82, 2.24) is 0 Å². The summed E-state index contributed by atoms with van der Waals surface area (Å²) in [5.74, 6) is -1.49. The molecule has 34 heavy (non-hydrogen) atoms. The van der Waals surface area contributed by atoms with Gasteiger partial charge in [-0.3, -0.25) is 0 Å². The van der Waals surface area contributed by atoms with Gasteiger partial charge in [-0.15, -0.1) is 0 Å². The van der Waals surface area contributed by atoms with Crippen LogP contribution in [-0.2, 0) is 0 Å². The van der Waals surface area contributed by atoms with Gasteiger partial charge in [0.05, 0.1) is 13.0 Å². The van der Waals surface area contributed by atoms with E-state index < -0.39 is 29.9 Å². The van der Waals surface area contributed by atoms with E-state index in [1.54, 1.807) is 6.92 Å². The van der Waals surface area contributed by atoms with Crippen LogP contribution in [0.4, 0.5) is 17.6 Å². The first-order valence-electron chi connectivity index (χ1n) is 13.2. The molecule has 0 spiro atoms. The summed E-state index contributed by atoms with van der Waals surface area (Å²) in [6.45, 7) is 4.03. The monoisotopic (exact) mass is 484 g/mol. The van der Waals surface area contributed by atoms with E-state index in [1.807, 2.05) is 0 Å². The number of hydrogen-bond acceptors (Lipinski definition) is 2. The molecule has 1 aromatic rings. The van der Waals surface area contributed by atoms with Crippen LogP contribution in [0.15, 0.2) is 24.3 Å². The molecule has 192 valence electrons. The van der Waals surface area contributed by atoms with Crippen LogP contribution in [0.5, 0.6) is 11.5 Å². The van der Waals surface area contributed by atoms with Crippen molar-refractivity contribution in [2.45, 2.75) is 97.0 Å². The molecule has 0 radical (unpaired) electrons. The van der Waals surface area contributed by atoms with Gasteiger partial charge in [0.15, 0.2) is 11.5 Å². The number of rotatable bonds is 11. The lowest BCUT2D eigenvalue weighted by molar-refractivity contribution is -0.185. The van der Waals surface area contributed by atoms with Crippen molar-refractivity contribution in [2.24, 2.45) is 23.7 Å². The number of alkyl halides is 2. The molecular weight excluding hydrogens is 444 g/mol. The number of hydrogen-bond donors (Lipinski definition) is 0. The Morgan fingerprint density at radius 1 is 0.794 bits per heavy atom. The van der Waals surface area contributed by atoms with Gasteiger partial charge in [0.2, 0.25) is 11.6 Å². The second kappa shape index (κ2) is 12.8. The van der Waals surface area contributed by atoms with Crippen LogP contribution in [0.25, 0.3) is 0 Å². The molecule has 2 aliphatic rings. The van der Waals surface area contributed by atoms with E-state index in [9.17, 15) is 17.6 Å². The zero-order chi connectivity index (χ0) is 24.6. The van der Waals surface area contributed by atoms with E-state index in [0.717, 1.165) is 43.7 Å². The average molecular weight is 485 g/mol. The molecule has 2 aliphatic carbocycles. The highest BCUT2D eigenvalue weighted by molar-refractivity contribution is 5.35. The van der Waals surface area contributed by atoms with Gasteiger partial charge in [-0.2, -0.15) is 17.6 Å². The van der Waals surface area contributed by atoms with Crippen molar-refractivity contribution < 1.29 is 27.0 Å². The predicted molar refractivity (Wildman–Crippen MR) is 127 cm³/mol. The molecule has 1 aromatic carbocycles.